The summed E-state index contributed by atoms with van der Waals surface area (Å²) >= 11 is 0. The van der Waals surface area contributed by atoms with Crippen LogP contribution in [-0.4, -0.2) is 50.8 Å². The van der Waals surface area contributed by atoms with Gasteiger partial charge in [-0.15, -0.1) is 0 Å². The highest BCUT2D eigenvalue weighted by Crippen LogP contribution is 2.05. The molecule has 8 heteroatoms. The fourth-order valence-electron chi connectivity index (χ4n) is 1.91. The highest BCUT2D eigenvalue weighted by Gasteiger charge is 2.05. The molecule has 0 atom stereocenters. The van der Waals surface area contributed by atoms with E-state index in [2.05, 4.69) is 16.1 Å². The van der Waals surface area contributed by atoms with Crippen molar-refractivity contribution in [2.75, 3.05) is 26.4 Å². The van der Waals surface area contributed by atoms with Crippen molar-refractivity contribution in [1.82, 2.24) is 0 Å². The van der Waals surface area contributed by atoms with Gasteiger partial charge in [-0.05, 0) is 38.5 Å². The quantitative estimate of drug-likeness (QED) is 0.126. The van der Waals surface area contributed by atoms with Crippen molar-refractivity contribution in [3.63, 3.8) is 0 Å². The SMILES string of the molecule is C=CC(=O)OCCOC(=O)CCCCCOC(=O)CCCCCOC=O. The second kappa shape index (κ2) is 17.4. The monoisotopic (exact) mass is 372 g/mol. The number of rotatable bonds is 17. The largest absolute Gasteiger partial charge is 0.468 e. The number of hydrogen-bond donors (Lipinski definition) is 0. The number of ether oxygens (including phenoxy) is 4. The summed E-state index contributed by atoms with van der Waals surface area (Å²) < 4.78 is 19.2. The van der Waals surface area contributed by atoms with Crippen LogP contribution in [0, 0.1) is 0 Å². The van der Waals surface area contributed by atoms with Crippen LogP contribution in [0.25, 0.3) is 0 Å². The van der Waals surface area contributed by atoms with E-state index in [0.717, 1.165) is 25.3 Å². The number of esters is 3. The molecule has 0 unspecified atom stereocenters. The second-order valence-electron chi connectivity index (χ2n) is 5.40. The molecule has 26 heavy (non-hydrogen) atoms. The number of unbranched alkanes of at least 4 members (excludes halogenated alkanes) is 4. The van der Waals surface area contributed by atoms with Crippen LogP contribution >= 0.6 is 0 Å². The van der Waals surface area contributed by atoms with Crippen molar-refractivity contribution in [1.29, 1.82) is 0 Å². The van der Waals surface area contributed by atoms with E-state index < -0.39 is 5.97 Å². The zero-order valence-electron chi connectivity index (χ0n) is 15.1. The van der Waals surface area contributed by atoms with Gasteiger partial charge in [-0.3, -0.25) is 14.4 Å². The lowest BCUT2D eigenvalue weighted by Crippen LogP contribution is -2.12. The van der Waals surface area contributed by atoms with Crippen molar-refractivity contribution in [2.24, 2.45) is 0 Å². The zero-order chi connectivity index (χ0) is 19.5. The van der Waals surface area contributed by atoms with Gasteiger partial charge in [0.25, 0.3) is 6.47 Å². The average Bonchev–Trinajstić information content (AvgIpc) is 2.64. The lowest BCUT2D eigenvalue weighted by atomic mass is 10.2. The minimum absolute atomic E-state index is 0.0106. The maximum Gasteiger partial charge on any atom is 0.330 e. The van der Waals surface area contributed by atoms with Crippen molar-refractivity contribution < 1.29 is 38.1 Å². The van der Waals surface area contributed by atoms with E-state index in [1.54, 1.807) is 0 Å². The van der Waals surface area contributed by atoms with Gasteiger partial charge in [-0.2, -0.15) is 0 Å². The Morgan fingerprint density at radius 2 is 1.23 bits per heavy atom. The molecule has 0 aromatic rings. The van der Waals surface area contributed by atoms with Crippen molar-refractivity contribution in [3.8, 4) is 0 Å². The lowest BCUT2D eigenvalue weighted by molar-refractivity contribution is -0.149. The van der Waals surface area contributed by atoms with E-state index in [4.69, 9.17) is 9.47 Å². The topological polar surface area (TPSA) is 105 Å². The summed E-state index contributed by atoms with van der Waals surface area (Å²) in [6, 6.07) is 0. The standard InChI is InChI=1S/C18H28O8/c1-2-16(20)25-13-14-26-18(22)10-6-4-8-12-24-17(21)9-5-3-7-11-23-15-19/h2,15H,1,3-14H2. The molecule has 0 aromatic heterocycles. The minimum atomic E-state index is -0.553. The summed E-state index contributed by atoms with van der Waals surface area (Å²) in [6.07, 6.45) is 5.97. The van der Waals surface area contributed by atoms with E-state index in [0.29, 0.717) is 45.4 Å². The smallest absolute Gasteiger partial charge is 0.330 e. The van der Waals surface area contributed by atoms with Crippen LogP contribution in [0.5, 0.6) is 0 Å². The summed E-state index contributed by atoms with van der Waals surface area (Å²) in [6.45, 7) is 4.41. The normalized spacial score (nSPS) is 9.85. The van der Waals surface area contributed by atoms with Crippen LogP contribution in [0.4, 0.5) is 0 Å². The first-order valence-corrected chi connectivity index (χ1v) is 8.75. The lowest BCUT2D eigenvalue weighted by Gasteiger charge is -2.06. The molecule has 0 saturated heterocycles. The molecule has 0 spiro atoms. The molecule has 0 rings (SSSR count). The molecule has 0 amide bonds. The summed E-state index contributed by atoms with van der Waals surface area (Å²) in [5.74, 6) is -1.15. The molecule has 0 aliphatic carbocycles. The first-order chi connectivity index (χ1) is 12.6. The molecule has 0 radical (unpaired) electrons. The molecule has 0 aliphatic rings. The van der Waals surface area contributed by atoms with Gasteiger partial charge in [0.2, 0.25) is 0 Å². The molecule has 0 fully saturated rings. The van der Waals surface area contributed by atoms with E-state index >= 15 is 0 Å². The maximum atomic E-state index is 11.5. The Kier molecular flexibility index (Phi) is 15.8. The Morgan fingerprint density at radius 3 is 1.81 bits per heavy atom. The third kappa shape index (κ3) is 16.5. The van der Waals surface area contributed by atoms with E-state index in [1.807, 2.05) is 0 Å². The van der Waals surface area contributed by atoms with Crippen LogP contribution in [0.1, 0.15) is 51.4 Å². The Labute approximate surface area is 153 Å². The molecule has 0 aromatic carbocycles. The van der Waals surface area contributed by atoms with Crippen LogP contribution in [0.15, 0.2) is 12.7 Å². The molecule has 0 saturated carbocycles. The van der Waals surface area contributed by atoms with E-state index in [1.165, 1.54) is 0 Å². The molecule has 0 aliphatic heterocycles. The first-order valence-electron chi connectivity index (χ1n) is 8.75. The second-order valence-corrected chi connectivity index (χ2v) is 5.40. The highest BCUT2D eigenvalue weighted by atomic mass is 16.6. The van der Waals surface area contributed by atoms with Crippen LogP contribution in [-0.2, 0) is 38.1 Å². The highest BCUT2D eigenvalue weighted by molar-refractivity contribution is 5.81. The third-order valence-electron chi connectivity index (χ3n) is 3.26. The Balaban J connectivity index is 3.36. The minimum Gasteiger partial charge on any atom is -0.468 e. The van der Waals surface area contributed by atoms with Gasteiger partial charge in [0.05, 0.1) is 13.2 Å². The first kappa shape index (κ1) is 23.6. The Hall–Kier alpha value is -2.38. The third-order valence-corrected chi connectivity index (χ3v) is 3.26. The van der Waals surface area contributed by atoms with Crippen LogP contribution < -0.4 is 0 Å². The van der Waals surface area contributed by atoms with Crippen molar-refractivity contribution >= 4 is 24.4 Å². The number of carbonyl (C=O) groups is 4. The fourth-order valence-corrected chi connectivity index (χ4v) is 1.91. The van der Waals surface area contributed by atoms with Gasteiger partial charge >= 0.3 is 17.9 Å². The molecule has 8 nitrogen and oxygen atoms in total. The van der Waals surface area contributed by atoms with Gasteiger partial charge < -0.3 is 18.9 Å². The molecular formula is C18H28O8. The predicted octanol–water partition coefficient (Wildman–Crippen LogP) is 2.10. The molecule has 0 bridgehead atoms. The summed E-state index contributed by atoms with van der Waals surface area (Å²) in [4.78, 5) is 43.6. The van der Waals surface area contributed by atoms with Gasteiger partial charge in [0.1, 0.15) is 13.2 Å². The Bertz CT molecular complexity index is 433. The van der Waals surface area contributed by atoms with Gasteiger partial charge in [0.15, 0.2) is 0 Å². The Morgan fingerprint density at radius 1 is 0.692 bits per heavy atom. The number of carbonyl (C=O) groups excluding carboxylic acids is 4. The predicted molar refractivity (Wildman–Crippen MR) is 92.0 cm³/mol. The summed E-state index contributed by atoms with van der Waals surface area (Å²) in [5, 5.41) is 0. The average molecular weight is 372 g/mol. The number of hydrogen-bond acceptors (Lipinski definition) is 8. The van der Waals surface area contributed by atoms with Crippen molar-refractivity contribution in [3.05, 3.63) is 12.7 Å². The summed E-state index contributed by atoms with van der Waals surface area (Å²) in [5.41, 5.74) is 0. The molecule has 148 valence electrons. The molecule has 0 N–H and O–H groups in total. The van der Waals surface area contributed by atoms with Crippen molar-refractivity contribution in [2.45, 2.75) is 51.4 Å². The zero-order valence-corrected chi connectivity index (χ0v) is 15.1. The molecular weight excluding hydrogens is 344 g/mol. The van der Waals surface area contributed by atoms with E-state index in [9.17, 15) is 19.2 Å². The van der Waals surface area contributed by atoms with Gasteiger partial charge in [0, 0.05) is 18.9 Å². The van der Waals surface area contributed by atoms with Gasteiger partial charge in [-0.1, -0.05) is 6.58 Å². The molecule has 0 heterocycles. The maximum absolute atomic E-state index is 11.5. The summed E-state index contributed by atoms with van der Waals surface area (Å²) in [7, 11) is 0. The van der Waals surface area contributed by atoms with Crippen LogP contribution in [0.2, 0.25) is 0 Å². The van der Waals surface area contributed by atoms with Crippen LogP contribution in [0.3, 0.4) is 0 Å². The van der Waals surface area contributed by atoms with Gasteiger partial charge in [-0.25, -0.2) is 4.79 Å². The fraction of sp³-hybridized carbons (Fsp3) is 0.667. The van der Waals surface area contributed by atoms with E-state index in [-0.39, 0.29) is 31.6 Å².